The molecule has 0 saturated heterocycles. The lowest BCUT2D eigenvalue weighted by molar-refractivity contribution is -0.385. The highest BCUT2D eigenvalue weighted by Gasteiger charge is 2.27. The molecule has 28 heavy (non-hydrogen) atoms. The minimum atomic E-state index is -3.03. The third kappa shape index (κ3) is 3.95. The molecule has 3 rings (SSSR count). The fourth-order valence-electron chi connectivity index (χ4n) is 2.45. The van der Waals surface area contributed by atoms with Gasteiger partial charge < -0.3 is 14.2 Å². The van der Waals surface area contributed by atoms with Crippen LogP contribution in [-0.2, 0) is 9.53 Å². The third-order valence-electron chi connectivity index (χ3n) is 3.67. The number of halogens is 2. The van der Waals surface area contributed by atoms with Crippen LogP contribution in [0.3, 0.4) is 0 Å². The molecule has 0 atom stereocenters. The van der Waals surface area contributed by atoms with E-state index in [-0.39, 0.29) is 39.9 Å². The van der Waals surface area contributed by atoms with Crippen molar-refractivity contribution in [1.82, 2.24) is 0 Å². The first-order valence-electron chi connectivity index (χ1n) is 7.78. The van der Waals surface area contributed by atoms with Crippen molar-refractivity contribution in [3.05, 3.63) is 69.4 Å². The Kier molecular flexibility index (Phi) is 5.30. The Hall–Kier alpha value is -3.82. The van der Waals surface area contributed by atoms with Gasteiger partial charge in [-0.15, -0.1) is 0 Å². The van der Waals surface area contributed by atoms with E-state index >= 15 is 0 Å². The van der Waals surface area contributed by atoms with Crippen molar-refractivity contribution < 1.29 is 32.7 Å². The maximum atomic E-state index is 12.5. The Bertz CT molecular complexity index is 1000. The smallest absolute Gasteiger partial charge is 0.387 e. The largest absolute Gasteiger partial charge is 0.490 e. The summed E-state index contributed by atoms with van der Waals surface area (Å²) in [5.41, 5.74) is -0.118. The number of hydrogen-bond acceptors (Lipinski definition) is 7. The molecule has 0 aliphatic carbocycles. The number of ether oxygens (including phenoxy) is 3. The minimum absolute atomic E-state index is 0.0347. The predicted molar refractivity (Wildman–Crippen MR) is 93.3 cm³/mol. The number of alkyl halides is 2. The van der Waals surface area contributed by atoms with E-state index in [1.807, 2.05) is 0 Å². The molecule has 0 unspecified atom stereocenters. The van der Waals surface area contributed by atoms with E-state index in [2.05, 4.69) is 9.73 Å². The Morgan fingerprint density at radius 1 is 1.21 bits per heavy atom. The van der Waals surface area contributed by atoms with E-state index in [0.717, 1.165) is 6.07 Å². The van der Waals surface area contributed by atoms with Gasteiger partial charge in [0.25, 0.3) is 0 Å². The van der Waals surface area contributed by atoms with Gasteiger partial charge in [0.05, 0.1) is 12.0 Å². The molecule has 8 nitrogen and oxygen atoms in total. The molecule has 2 aromatic rings. The van der Waals surface area contributed by atoms with Crippen LogP contribution in [0, 0.1) is 10.1 Å². The highest BCUT2D eigenvalue weighted by atomic mass is 19.3. The van der Waals surface area contributed by atoms with E-state index < -0.39 is 17.5 Å². The van der Waals surface area contributed by atoms with Gasteiger partial charge in [0, 0.05) is 17.2 Å². The molecule has 144 valence electrons. The number of carbonyl (C=O) groups excluding carboxylic acids is 1. The van der Waals surface area contributed by atoms with Crippen molar-refractivity contribution in [2.75, 3.05) is 7.11 Å². The topological polar surface area (TPSA) is 100 Å². The number of rotatable bonds is 6. The molecular weight excluding hydrogens is 378 g/mol. The van der Waals surface area contributed by atoms with Crippen LogP contribution in [0.4, 0.5) is 14.5 Å². The summed E-state index contributed by atoms with van der Waals surface area (Å²) in [4.78, 5) is 26.6. The quantitative estimate of drug-likeness (QED) is 0.324. The lowest BCUT2D eigenvalue weighted by Gasteiger charge is -2.07. The van der Waals surface area contributed by atoms with Crippen LogP contribution in [0.1, 0.15) is 11.1 Å². The van der Waals surface area contributed by atoms with Crippen LogP contribution < -0.4 is 9.47 Å². The molecule has 10 heteroatoms. The molecule has 0 saturated carbocycles. The zero-order chi connectivity index (χ0) is 20.3. The molecule has 2 aromatic carbocycles. The van der Waals surface area contributed by atoms with Crippen molar-refractivity contribution >= 4 is 23.6 Å². The van der Waals surface area contributed by atoms with Gasteiger partial charge in [-0.25, -0.2) is 9.79 Å². The predicted octanol–water partition coefficient (Wildman–Crippen LogP) is 3.55. The summed E-state index contributed by atoms with van der Waals surface area (Å²) < 4.78 is 39.4. The van der Waals surface area contributed by atoms with Gasteiger partial charge in [-0.3, -0.25) is 10.1 Å². The summed E-state index contributed by atoms with van der Waals surface area (Å²) in [6, 6.07) is 9.79. The van der Waals surface area contributed by atoms with Crippen LogP contribution in [0.25, 0.3) is 6.08 Å². The van der Waals surface area contributed by atoms with E-state index in [4.69, 9.17) is 9.47 Å². The summed E-state index contributed by atoms with van der Waals surface area (Å²) in [5.74, 6) is -1.09. The summed E-state index contributed by atoms with van der Waals surface area (Å²) in [7, 11) is 1.29. The normalized spacial score (nSPS) is 14.8. The molecule has 0 N–H and O–H groups in total. The van der Waals surface area contributed by atoms with E-state index in [9.17, 15) is 23.7 Å². The van der Waals surface area contributed by atoms with Crippen molar-refractivity contribution in [1.29, 1.82) is 0 Å². The summed E-state index contributed by atoms with van der Waals surface area (Å²) in [6.45, 7) is -3.03. The molecule has 1 aliphatic rings. The second-order valence-electron chi connectivity index (χ2n) is 5.40. The lowest BCUT2D eigenvalue weighted by Crippen LogP contribution is -2.06. The van der Waals surface area contributed by atoms with Gasteiger partial charge in [-0.2, -0.15) is 8.78 Å². The molecule has 0 spiro atoms. The molecule has 1 aliphatic heterocycles. The van der Waals surface area contributed by atoms with Crippen LogP contribution in [0.5, 0.6) is 11.5 Å². The van der Waals surface area contributed by atoms with Crippen LogP contribution in [0.2, 0.25) is 0 Å². The van der Waals surface area contributed by atoms with E-state index in [1.165, 1.54) is 43.5 Å². The van der Waals surface area contributed by atoms with Crippen molar-refractivity contribution in [3.63, 3.8) is 0 Å². The molecule has 0 radical (unpaired) electrons. The van der Waals surface area contributed by atoms with Gasteiger partial charge in [-0.05, 0) is 24.3 Å². The summed E-state index contributed by atoms with van der Waals surface area (Å²) in [6.07, 6.45) is 1.23. The second kappa shape index (κ2) is 7.82. The van der Waals surface area contributed by atoms with Gasteiger partial charge in [-0.1, -0.05) is 18.2 Å². The second-order valence-corrected chi connectivity index (χ2v) is 5.40. The number of para-hydroxylation sites is 1. The standard InChI is InChI=1S/C18H12F2N2O6/c1-26-15-7-6-11(9-13(15)22(24)25)16-21-12(17(23)28-16)8-10-4-2-3-5-14(10)27-18(19)20/h2-9,18H,1H3. The number of carbonyl (C=O) groups is 1. The van der Waals surface area contributed by atoms with Crippen LogP contribution in [0.15, 0.2) is 53.2 Å². The Morgan fingerprint density at radius 3 is 2.64 bits per heavy atom. The highest BCUT2D eigenvalue weighted by molar-refractivity contribution is 6.13. The molecule has 1 heterocycles. The monoisotopic (exact) mass is 390 g/mol. The first kappa shape index (κ1) is 19.0. The first-order valence-corrected chi connectivity index (χ1v) is 7.78. The lowest BCUT2D eigenvalue weighted by atomic mass is 10.1. The van der Waals surface area contributed by atoms with Crippen molar-refractivity contribution in [2.24, 2.45) is 4.99 Å². The molecule has 0 fully saturated rings. The molecule has 0 aromatic heterocycles. The average Bonchev–Trinajstić information content (AvgIpc) is 3.03. The van der Waals surface area contributed by atoms with Gasteiger partial charge in [0.2, 0.25) is 5.90 Å². The van der Waals surface area contributed by atoms with Crippen molar-refractivity contribution in [2.45, 2.75) is 6.61 Å². The first-order chi connectivity index (χ1) is 13.4. The maximum Gasteiger partial charge on any atom is 0.387 e. The zero-order valence-electron chi connectivity index (χ0n) is 14.3. The zero-order valence-corrected chi connectivity index (χ0v) is 14.3. The maximum absolute atomic E-state index is 12.5. The van der Waals surface area contributed by atoms with E-state index in [1.54, 1.807) is 6.07 Å². The summed E-state index contributed by atoms with van der Waals surface area (Å²) in [5, 5.41) is 11.1. The molecular formula is C18H12F2N2O6. The number of cyclic esters (lactones) is 1. The van der Waals surface area contributed by atoms with Gasteiger partial charge >= 0.3 is 18.3 Å². The number of nitro benzene ring substituents is 1. The van der Waals surface area contributed by atoms with Crippen molar-refractivity contribution in [3.8, 4) is 11.5 Å². The number of aliphatic imine (C=N–C) groups is 1. The van der Waals surface area contributed by atoms with Gasteiger partial charge in [0.15, 0.2) is 11.4 Å². The SMILES string of the molecule is COc1ccc(C2=NC(=Cc3ccccc3OC(F)F)C(=O)O2)cc1[N+](=O)[O-]. The molecule has 0 bridgehead atoms. The van der Waals surface area contributed by atoms with Gasteiger partial charge in [0.1, 0.15) is 5.75 Å². The number of nitro groups is 1. The fraction of sp³-hybridized carbons (Fsp3) is 0.111. The van der Waals surface area contributed by atoms with Crippen LogP contribution >= 0.6 is 0 Å². The number of hydrogen-bond donors (Lipinski definition) is 0. The number of nitrogens with zero attached hydrogens (tertiary/aromatic N) is 2. The Labute approximate surface area is 156 Å². The Balaban J connectivity index is 1.97. The summed E-state index contributed by atoms with van der Waals surface area (Å²) >= 11 is 0. The van der Waals surface area contributed by atoms with E-state index in [0.29, 0.717) is 0 Å². The third-order valence-corrected chi connectivity index (χ3v) is 3.67. The minimum Gasteiger partial charge on any atom is -0.490 e. The highest BCUT2D eigenvalue weighted by Crippen LogP contribution is 2.30. The Morgan fingerprint density at radius 2 is 1.96 bits per heavy atom. The number of esters is 1. The fourth-order valence-corrected chi connectivity index (χ4v) is 2.45. The molecule has 0 amide bonds. The number of benzene rings is 2. The van der Waals surface area contributed by atoms with Crippen LogP contribution in [-0.4, -0.2) is 30.5 Å². The average molecular weight is 390 g/mol. The number of methoxy groups -OCH3 is 1.